The minimum atomic E-state index is -1.15. The highest BCUT2D eigenvalue weighted by Crippen LogP contribution is 2.35. The number of hydrogen-bond donors (Lipinski definition) is 3. The van der Waals surface area contributed by atoms with Crippen LogP contribution >= 0.6 is 11.8 Å². The number of aliphatic carboxylic acids is 1. The van der Waals surface area contributed by atoms with Crippen LogP contribution in [-0.4, -0.2) is 37.6 Å². The van der Waals surface area contributed by atoms with Crippen LogP contribution in [0.2, 0.25) is 0 Å². The van der Waals surface area contributed by atoms with Crippen LogP contribution in [0, 0.1) is 0 Å². The van der Waals surface area contributed by atoms with Gasteiger partial charge in [-0.25, -0.2) is 4.79 Å². The van der Waals surface area contributed by atoms with Crippen molar-refractivity contribution in [3.8, 4) is 11.5 Å². The minimum absolute atomic E-state index is 0.0455. The number of carbonyl (C=O) groups is 1. The molecule has 1 atom stereocenters. The molecule has 0 radical (unpaired) electrons. The highest BCUT2D eigenvalue weighted by molar-refractivity contribution is 8.14. The number of carboxylic acid groups (broad SMARTS) is 1. The van der Waals surface area contributed by atoms with Gasteiger partial charge in [-0.3, -0.25) is 4.99 Å². The Morgan fingerprint density at radius 1 is 1.47 bits per heavy atom. The first-order chi connectivity index (χ1) is 7.92. The number of aromatic hydroxyl groups is 2. The Morgan fingerprint density at radius 2 is 2.18 bits per heavy atom. The van der Waals surface area contributed by atoms with E-state index < -0.39 is 11.5 Å². The topological polar surface area (TPSA) is 90.1 Å². The Labute approximate surface area is 102 Å². The van der Waals surface area contributed by atoms with E-state index >= 15 is 0 Å². The fourth-order valence-corrected chi connectivity index (χ4v) is 2.65. The first-order valence-corrected chi connectivity index (χ1v) is 5.89. The van der Waals surface area contributed by atoms with Crippen molar-refractivity contribution in [1.29, 1.82) is 0 Å². The van der Waals surface area contributed by atoms with Crippen molar-refractivity contribution in [1.82, 2.24) is 0 Å². The number of thioether (sulfide) groups is 1. The van der Waals surface area contributed by atoms with Gasteiger partial charge in [0.1, 0.15) is 16.5 Å². The summed E-state index contributed by atoms with van der Waals surface area (Å²) in [6.07, 6.45) is 0. The summed E-state index contributed by atoms with van der Waals surface area (Å²) in [5, 5.41) is 28.3. The van der Waals surface area contributed by atoms with Gasteiger partial charge >= 0.3 is 5.97 Å². The monoisotopic (exact) mass is 253 g/mol. The molecule has 0 fully saturated rings. The quantitative estimate of drug-likeness (QED) is 0.742. The van der Waals surface area contributed by atoms with Gasteiger partial charge in [0.2, 0.25) is 0 Å². The van der Waals surface area contributed by atoms with Crippen molar-refractivity contribution in [2.24, 2.45) is 4.99 Å². The molecule has 1 aliphatic rings. The zero-order chi connectivity index (χ0) is 12.6. The molecule has 3 N–H and O–H groups in total. The fraction of sp³-hybridized carbons (Fsp3) is 0.273. The molecule has 0 spiro atoms. The molecular formula is C11H11NO4S. The van der Waals surface area contributed by atoms with Crippen molar-refractivity contribution >= 4 is 22.8 Å². The highest BCUT2D eigenvalue weighted by atomic mass is 32.2. The molecule has 1 heterocycles. The van der Waals surface area contributed by atoms with Crippen LogP contribution in [0.15, 0.2) is 23.2 Å². The van der Waals surface area contributed by atoms with Crippen LogP contribution in [0.25, 0.3) is 0 Å². The summed E-state index contributed by atoms with van der Waals surface area (Å²) < 4.78 is 0. The van der Waals surface area contributed by atoms with Crippen LogP contribution < -0.4 is 0 Å². The molecule has 0 unspecified atom stereocenters. The minimum Gasteiger partial charge on any atom is -0.508 e. The van der Waals surface area contributed by atoms with Crippen LogP contribution in [0.1, 0.15) is 12.5 Å². The third kappa shape index (κ3) is 2.08. The zero-order valence-electron chi connectivity index (χ0n) is 9.04. The van der Waals surface area contributed by atoms with Gasteiger partial charge in [-0.15, -0.1) is 11.8 Å². The number of hydrogen-bond acceptors (Lipinski definition) is 5. The van der Waals surface area contributed by atoms with E-state index in [0.717, 1.165) is 0 Å². The standard InChI is InChI=1S/C11H11NO4S/c1-11(10(15)16)5-17-9(12-11)7-3-2-6(13)4-8(7)14/h2-4,13-14H,5H2,1H3,(H,15,16)/t11-/m1/s1. The molecule has 90 valence electrons. The molecule has 1 aliphatic heterocycles. The number of nitrogens with zero attached hydrogens (tertiary/aromatic N) is 1. The molecule has 0 aliphatic carbocycles. The summed E-state index contributed by atoms with van der Waals surface area (Å²) in [7, 11) is 0. The third-order valence-corrected chi connectivity index (χ3v) is 3.80. The number of carboxylic acids is 1. The van der Waals surface area contributed by atoms with Crippen molar-refractivity contribution in [3.05, 3.63) is 23.8 Å². The van der Waals surface area contributed by atoms with Gasteiger partial charge in [0.15, 0.2) is 5.54 Å². The maximum absolute atomic E-state index is 11.0. The summed E-state index contributed by atoms with van der Waals surface area (Å²) in [5.74, 6) is -0.808. The van der Waals surface area contributed by atoms with E-state index in [1.165, 1.54) is 36.9 Å². The molecular weight excluding hydrogens is 242 g/mol. The normalized spacial score (nSPS) is 23.5. The number of phenols is 2. The van der Waals surface area contributed by atoms with Gasteiger partial charge in [0, 0.05) is 17.4 Å². The van der Waals surface area contributed by atoms with E-state index in [1.807, 2.05) is 0 Å². The van der Waals surface area contributed by atoms with Gasteiger partial charge in [-0.05, 0) is 19.1 Å². The lowest BCUT2D eigenvalue weighted by atomic mass is 10.1. The van der Waals surface area contributed by atoms with E-state index in [1.54, 1.807) is 0 Å². The summed E-state index contributed by atoms with van der Waals surface area (Å²) in [6.45, 7) is 1.53. The van der Waals surface area contributed by atoms with Crippen molar-refractivity contribution in [2.75, 3.05) is 5.75 Å². The lowest BCUT2D eigenvalue weighted by Gasteiger charge is -2.11. The molecule has 17 heavy (non-hydrogen) atoms. The molecule has 0 aromatic heterocycles. The Balaban J connectivity index is 2.40. The maximum Gasteiger partial charge on any atom is 0.332 e. The smallest absolute Gasteiger partial charge is 0.332 e. The summed E-state index contributed by atoms with van der Waals surface area (Å²) in [4.78, 5) is 15.1. The lowest BCUT2D eigenvalue weighted by molar-refractivity contribution is -0.141. The van der Waals surface area contributed by atoms with Gasteiger partial charge in [0.05, 0.1) is 0 Å². The summed E-state index contributed by atoms with van der Waals surface area (Å²) in [5.41, 5.74) is -0.706. The summed E-state index contributed by atoms with van der Waals surface area (Å²) in [6, 6.07) is 4.15. The van der Waals surface area contributed by atoms with Crippen LogP contribution in [0.5, 0.6) is 11.5 Å². The Bertz CT molecular complexity index is 514. The van der Waals surface area contributed by atoms with E-state index in [0.29, 0.717) is 16.4 Å². The van der Waals surface area contributed by atoms with E-state index in [9.17, 15) is 15.0 Å². The number of benzene rings is 1. The zero-order valence-corrected chi connectivity index (χ0v) is 9.86. The molecule has 5 nitrogen and oxygen atoms in total. The van der Waals surface area contributed by atoms with Crippen LogP contribution in [0.4, 0.5) is 0 Å². The van der Waals surface area contributed by atoms with Crippen molar-refractivity contribution in [2.45, 2.75) is 12.5 Å². The molecule has 0 saturated heterocycles. The van der Waals surface area contributed by atoms with Crippen molar-refractivity contribution in [3.63, 3.8) is 0 Å². The van der Waals surface area contributed by atoms with Gasteiger partial charge in [0.25, 0.3) is 0 Å². The Kier molecular flexibility index (Phi) is 2.74. The molecule has 2 rings (SSSR count). The lowest BCUT2D eigenvalue weighted by Crippen LogP contribution is -2.33. The first kappa shape index (κ1) is 11.8. The fourth-order valence-electron chi connectivity index (χ4n) is 1.45. The molecule has 6 heteroatoms. The van der Waals surface area contributed by atoms with E-state index in [2.05, 4.69) is 4.99 Å². The predicted octanol–water partition coefficient (Wildman–Crippen LogP) is 1.43. The second kappa shape index (κ2) is 3.96. The molecule has 0 bridgehead atoms. The van der Waals surface area contributed by atoms with Gasteiger partial charge < -0.3 is 15.3 Å². The molecule has 0 amide bonds. The van der Waals surface area contributed by atoms with Crippen LogP contribution in [-0.2, 0) is 4.79 Å². The molecule has 1 aromatic carbocycles. The van der Waals surface area contributed by atoms with E-state index in [4.69, 9.17) is 5.11 Å². The highest BCUT2D eigenvalue weighted by Gasteiger charge is 2.38. The predicted molar refractivity (Wildman–Crippen MR) is 64.8 cm³/mol. The number of phenolic OH excluding ortho intramolecular Hbond substituents is 2. The SMILES string of the molecule is C[C@]1(C(=O)O)CSC(c2ccc(O)cc2O)=N1. The second-order valence-electron chi connectivity index (χ2n) is 3.99. The Morgan fingerprint density at radius 3 is 2.71 bits per heavy atom. The molecule has 1 aromatic rings. The maximum atomic E-state index is 11.0. The van der Waals surface area contributed by atoms with Crippen LogP contribution in [0.3, 0.4) is 0 Å². The van der Waals surface area contributed by atoms with Gasteiger partial charge in [-0.1, -0.05) is 0 Å². The average Bonchev–Trinajstić information content (AvgIpc) is 2.62. The summed E-state index contributed by atoms with van der Waals surface area (Å²) >= 11 is 1.28. The second-order valence-corrected chi connectivity index (χ2v) is 4.95. The first-order valence-electron chi connectivity index (χ1n) is 4.91. The van der Waals surface area contributed by atoms with Gasteiger partial charge in [-0.2, -0.15) is 0 Å². The third-order valence-electron chi connectivity index (χ3n) is 2.51. The van der Waals surface area contributed by atoms with Crippen molar-refractivity contribution < 1.29 is 20.1 Å². The largest absolute Gasteiger partial charge is 0.508 e. The number of rotatable bonds is 2. The Hall–Kier alpha value is -1.69. The van der Waals surface area contributed by atoms with E-state index in [-0.39, 0.29) is 11.5 Å². The number of aliphatic imine (C=N–C) groups is 1. The average molecular weight is 253 g/mol. The molecule has 0 saturated carbocycles.